The summed E-state index contributed by atoms with van der Waals surface area (Å²) < 4.78 is 0. The number of hydrogen-bond acceptors (Lipinski definition) is 2. The number of nitrogens with one attached hydrogen (secondary N) is 1. The van der Waals surface area contributed by atoms with Crippen molar-refractivity contribution in [2.75, 3.05) is 20.6 Å². The summed E-state index contributed by atoms with van der Waals surface area (Å²) >= 11 is 6.06. The molecule has 2 atom stereocenters. The predicted molar refractivity (Wildman–Crippen MR) is 90.7 cm³/mol. The predicted octanol–water partition coefficient (Wildman–Crippen LogP) is 4.29. The first-order valence-corrected chi connectivity index (χ1v) is 7.66. The minimum absolute atomic E-state index is 0.273. The first-order chi connectivity index (χ1) is 10.1. The fraction of sp³-hybridized carbons (Fsp3) is 0.333. The van der Waals surface area contributed by atoms with E-state index in [4.69, 9.17) is 11.6 Å². The third-order valence-electron chi connectivity index (χ3n) is 3.77. The molecule has 0 bridgehead atoms. The molecule has 2 aromatic rings. The van der Waals surface area contributed by atoms with Gasteiger partial charge in [-0.3, -0.25) is 0 Å². The van der Waals surface area contributed by atoms with Gasteiger partial charge in [-0.1, -0.05) is 54.1 Å². The van der Waals surface area contributed by atoms with E-state index in [9.17, 15) is 0 Å². The van der Waals surface area contributed by atoms with Gasteiger partial charge in [0.2, 0.25) is 0 Å². The second-order valence-corrected chi connectivity index (χ2v) is 6.01. The lowest BCUT2D eigenvalue weighted by Crippen LogP contribution is -2.32. The Morgan fingerprint density at radius 3 is 2.29 bits per heavy atom. The van der Waals surface area contributed by atoms with Crippen molar-refractivity contribution in [1.29, 1.82) is 0 Å². The van der Waals surface area contributed by atoms with Crippen LogP contribution < -0.4 is 5.32 Å². The van der Waals surface area contributed by atoms with Crippen LogP contribution in [-0.2, 0) is 0 Å². The van der Waals surface area contributed by atoms with E-state index in [0.29, 0.717) is 6.04 Å². The van der Waals surface area contributed by atoms with E-state index in [1.165, 1.54) is 11.1 Å². The lowest BCUT2D eigenvalue weighted by atomic mass is 10.0. The third kappa shape index (κ3) is 4.57. The van der Waals surface area contributed by atoms with Gasteiger partial charge in [0.1, 0.15) is 0 Å². The van der Waals surface area contributed by atoms with Crippen LogP contribution in [0.2, 0.25) is 5.02 Å². The van der Waals surface area contributed by atoms with Crippen molar-refractivity contribution in [2.45, 2.75) is 19.0 Å². The molecular formula is C18H23ClN2. The molecule has 0 fully saturated rings. The highest BCUT2D eigenvalue weighted by molar-refractivity contribution is 6.30. The minimum Gasteiger partial charge on any atom is -0.308 e. The van der Waals surface area contributed by atoms with Gasteiger partial charge < -0.3 is 10.2 Å². The molecule has 2 rings (SSSR count). The molecular weight excluding hydrogens is 280 g/mol. The van der Waals surface area contributed by atoms with Gasteiger partial charge in [-0.2, -0.15) is 0 Å². The molecule has 112 valence electrons. The number of hydrogen-bond donors (Lipinski definition) is 1. The van der Waals surface area contributed by atoms with Gasteiger partial charge in [-0.15, -0.1) is 0 Å². The first kappa shape index (κ1) is 16.0. The third-order valence-corrected chi connectivity index (χ3v) is 4.01. The van der Waals surface area contributed by atoms with Gasteiger partial charge in [-0.25, -0.2) is 0 Å². The Balaban J connectivity index is 2.02. The maximum Gasteiger partial charge on any atom is 0.0467 e. The van der Waals surface area contributed by atoms with Crippen LogP contribution in [-0.4, -0.2) is 25.5 Å². The fourth-order valence-electron chi connectivity index (χ4n) is 2.46. The summed E-state index contributed by atoms with van der Waals surface area (Å²) in [6.45, 7) is 3.06. The molecule has 0 aliphatic heterocycles. The minimum atomic E-state index is 0.273. The van der Waals surface area contributed by atoms with Gasteiger partial charge in [0.15, 0.2) is 0 Å². The zero-order chi connectivity index (χ0) is 15.2. The van der Waals surface area contributed by atoms with E-state index in [1.54, 1.807) is 0 Å². The number of halogens is 1. The Labute approximate surface area is 132 Å². The highest BCUT2D eigenvalue weighted by Gasteiger charge is 2.15. The van der Waals surface area contributed by atoms with Crippen molar-refractivity contribution in [3.63, 3.8) is 0 Å². The zero-order valence-corrected chi connectivity index (χ0v) is 13.6. The van der Waals surface area contributed by atoms with Crippen LogP contribution in [0.1, 0.15) is 30.1 Å². The quantitative estimate of drug-likeness (QED) is 0.856. The molecule has 0 aliphatic carbocycles. The molecule has 0 aliphatic rings. The lowest BCUT2D eigenvalue weighted by Gasteiger charge is -2.27. The summed E-state index contributed by atoms with van der Waals surface area (Å²) in [7, 11) is 4.23. The second-order valence-electron chi connectivity index (χ2n) is 5.58. The Morgan fingerprint density at radius 2 is 1.67 bits per heavy atom. The lowest BCUT2D eigenvalue weighted by molar-refractivity contribution is 0.281. The molecule has 1 N–H and O–H groups in total. The Morgan fingerprint density at radius 1 is 1.00 bits per heavy atom. The van der Waals surface area contributed by atoms with Crippen LogP contribution >= 0.6 is 11.6 Å². The second kappa shape index (κ2) is 7.60. The summed E-state index contributed by atoms with van der Waals surface area (Å²) in [5, 5.41) is 4.39. The standard InChI is InChI=1S/C18H23ClN2/c1-14(16-10-7-11-17(19)12-16)20-13-18(21(2)3)15-8-5-4-6-9-15/h4-12,14,18,20H,13H2,1-3H3. The van der Waals surface area contributed by atoms with Crippen molar-refractivity contribution < 1.29 is 0 Å². The molecule has 0 spiro atoms. The molecule has 0 heterocycles. The van der Waals surface area contributed by atoms with Crippen molar-refractivity contribution in [2.24, 2.45) is 0 Å². The molecule has 3 heteroatoms. The Hall–Kier alpha value is -1.35. The van der Waals surface area contributed by atoms with E-state index in [0.717, 1.165) is 11.6 Å². The summed E-state index contributed by atoms with van der Waals surface area (Å²) in [5.41, 5.74) is 2.54. The van der Waals surface area contributed by atoms with Gasteiger partial charge >= 0.3 is 0 Å². The molecule has 0 radical (unpaired) electrons. The smallest absolute Gasteiger partial charge is 0.0467 e. The van der Waals surface area contributed by atoms with Crippen molar-refractivity contribution in [3.05, 3.63) is 70.7 Å². The van der Waals surface area contributed by atoms with E-state index >= 15 is 0 Å². The van der Waals surface area contributed by atoms with Gasteiger partial charge in [0, 0.05) is 23.7 Å². The molecule has 0 saturated carbocycles. The van der Waals surface area contributed by atoms with Crippen molar-refractivity contribution >= 4 is 11.6 Å². The SMILES string of the molecule is CC(NCC(c1ccccc1)N(C)C)c1cccc(Cl)c1. The highest BCUT2D eigenvalue weighted by atomic mass is 35.5. The van der Waals surface area contributed by atoms with Crippen LogP contribution in [0.3, 0.4) is 0 Å². The maximum absolute atomic E-state index is 6.06. The molecule has 2 unspecified atom stereocenters. The fourth-order valence-corrected chi connectivity index (χ4v) is 2.65. The zero-order valence-electron chi connectivity index (χ0n) is 12.9. The van der Waals surface area contributed by atoms with Crippen molar-refractivity contribution in [1.82, 2.24) is 10.2 Å². The van der Waals surface area contributed by atoms with E-state index in [2.05, 4.69) is 67.6 Å². The van der Waals surface area contributed by atoms with Crippen LogP contribution in [0, 0.1) is 0 Å². The Kier molecular flexibility index (Phi) is 5.80. The number of likely N-dealkylation sites (N-methyl/N-ethyl adjacent to an activating group) is 1. The molecule has 21 heavy (non-hydrogen) atoms. The molecule has 0 saturated heterocycles. The van der Waals surface area contributed by atoms with E-state index in [1.807, 2.05) is 18.2 Å². The summed E-state index contributed by atoms with van der Waals surface area (Å²) in [6, 6.07) is 19.2. The molecule has 0 amide bonds. The number of rotatable bonds is 6. The molecule has 2 nitrogen and oxygen atoms in total. The van der Waals surface area contributed by atoms with Crippen LogP contribution in [0.4, 0.5) is 0 Å². The molecule has 2 aromatic carbocycles. The maximum atomic E-state index is 6.06. The topological polar surface area (TPSA) is 15.3 Å². The average Bonchev–Trinajstić information content (AvgIpc) is 2.48. The van der Waals surface area contributed by atoms with Gasteiger partial charge in [0.25, 0.3) is 0 Å². The van der Waals surface area contributed by atoms with Gasteiger partial charge in [-0.05, 0) is 44.3 Å². The summed E-state index contributed by atoms with van der Waals surface area (Å²) in [6.07, 6.45) is 0. The normalized spacial score (nSPS) is 14.1. The monoisotopic (exact) mass is 302 g/mol. The van der Waals surface area contributed by atoms with E-state index in [-0.39, 0.29) is 6.04 Å². The highest BCUT2D eigenvalue weighted by Crippen LogP contribution is 2.20. The number of benzene rings is 2. The average molecular weight is 303 g/mol. The number of nitrogens with zero attached hydrogens (tertiary/aromatic N) is 1. The van der Waals surface area contributed by atoms with Crippen LogP contribution in [0.15, 0.2) is 54.6 Å². The van der Waals surface area contributed by atoms with Crippen molar-refractivity contribution in [3.8, 4) is 0 Å². The first-order valence-electron chi connectivity index (χ1n) is 7.28. The van der Waals surface area contributed by atoms with E-state index < -0.39 is 0 Å². The summed E-state index contributed by atoms with van der Waals surface area (Å²) in [5.74, 6) is 0. The largest absolute Gasteiger partial charge is 0.308 e. The Bertz CT molecular complexity index is 554. The molecule has 0 aromatic heterocycles. The van der Waals surface area contributed by atoms with Crippen LogP contribution in [0.5, 0.6) is 0 Å². The van der Waals surface area contributed by atoms with Gasteiger partial charge in [0.05, 0.1) is 0 Å². The van der Waals surface area contributed by atoms with Crippen LogP contribution in [0.25, 0.3) is 0 Å². The summed E-state index contributed by atoms with van der Waals surface area (Å²) in [4.78, 5) is 2.24.